The lowest BCUT2D eigenvalue weighted by atomic mass is 10.2. The number of rotatable bonds is 7. The van der Waals surface area contributed by atoms with E-state index in [2.05, 4.69) is 9.97 Å². The molecule has 32 heavy (non-hydrogen) atoms. The minimum atomic E-state index is -0.847. The van der Waals surface area contributed by atoms with E-state index in [4.69, 9.17) is 14.2 Å². The van der Waals surface area contributed by atoms with Gasteiger partial charge < -0.3 is 14.2 Å². The van der Waals surface area contributed by atoms with Crippen molar-refractivity contribution in [2.45, 2.75) is 13.5 Å². The van der Waals surface area contributed by atoms with Crippen molar-refractivity contribution >= 4 is 16.7 Å². The van der Waals surface area contributed by atoms with E-state index in [1.165, 1.54) is 18.3 Å². The second-order valence-corrected chi connectivity index (χ2v) is 6.86. The fourth-order valence-corrected chi connectivity index (χ4v) is 3.04. The molecule has 0 aliphatic carbocycles. The van der Waals surface area contributed by atoms with E-state index in [0.29, 0.717) is 29.1 Å². The molecule has 8 nitrogen and oxygen atoms in total. The first kappa shape index (κ1) is 21.0. The van der Waals surface area contributed by atoms with Crippen molar-refractivity contribution in [1.82, 2.24) is 9.97 Å². The van der Waals surface area contributed by atoms with Gasteiger partial charge in [-0.1, -0.05) is 12.1 Å². The van der Waals surface area contributed by atoms with E-state index in [0.717, 1.165) is 17.4 Å². The summed E-state index contributed by atoms with van der Waals surface area (Å²) in [5.74, 6) is 0.591. The number of ether oxygens (including phenoxy) is 3. The SMILES string of the molecule is COc1ccc(COc2cc3nccc(Oc4ccc([N+](=O)[O-])cc4F)c3nc2C)cc1. The van der Waals surface area contributed by atoms with Gasteiger partial charge in [-0.15, -0.1) is 0 Å². The molecule has 0 amide bonds. The standard InChI is InChI=1S/C23H18FN3O5/c1-14-22(31-13-15-3-6-17(30-2)7-4-15)12-19-23(26-14)21(9-10-25-19)32-20-8-5-16(27(28)29)11-18(20)24/h3-12H,13H2,1-2H3. The summed E-state index contributed by atoms with van der Waals surface area (Å²) < 4.78 is 31.0. The van der Waals surface area contributed by atoms with Gasteiger partial charge in [-0.2, -0.15) is 0 Å². The summed E-state index contributed by atoms with van der Waals surface area (Å²) in [6.07, 6.45) is 1.51. The van der Waals surface area contributed by atoms with Gasteiger partial charge in [0, 0.05) is 24.4 Å². The third kappa shape index (κ3) is 4.41. The van der Waals surface area contributed by atoms with Gasteiger partial charge in [0.15, 0.2) is 17.3 Å². The van der Waals surface area contributed by atoms with E-state index < -0.39 is 10.7 Å². The molecule has 0 saturated heterocycles. The summed E-state index contributed by atoms with van der Waals surface area (Å²) in [6.45, 7) is 2.12. The number of methoxy groups -OCH3 is 1. The Morgan fingerprint density at radius 3 is 2.50 bits per heavy atom. The lowest BCUT2D eigenvalue weighted by molar-refractivity contribution is -0.385. The number of nitro benzene ring substituents is 1. The number of benzene rings is 2. The van der Waals surface area contributed by atoms with Gasteiger partial charge in [-0.3, -0.25) is 15.1 Å². The average Bonchev–Trinajstić information content (AvgIpc) is 2.79. The van der Waals surface area contributed by atoms with Crippen molar-refractivity contribution in [2.24, 2.45) is 0 Å². The van der Waals surface area contributed by atoms with Crippen LogP contribution < -0.4 is 14.2 Å². The van der Waals surface area contributed by atoms with Crippen LogP contribution >= 0.6 is 0 Å². The Bertz CT molecular complexity index is 1300. The fraction of sp³-hybridized carbons (Fsp3) is 0.130. The van der Waals surface area contributed by atoms with Crippen LogP contribution in [0.2, 0.25) is 0 Å². The first-order valence-corrected chi connectivity index (χ1v) is 9.58. The minimum absolute atomic E-state index is 0.151. The number of aryl methyl sites for hydroxylation is 1. The molecule has 2 aromatic heterocycles. The smallest absolute Gasteiger partial charge is 0.272 e. The maximum Gasteiger partial charge on any atom is 0.272 e. The molecule has 4 rings (SSSR count). The van der Waals surface area contributed by atoms with Crippen LogP contribution in [0.3, 0.4) is 0 Å². The van der Waals surface area contributed by atoms with Crippen molar-refractivity contribution in [3.05, 3.63) is 88.0 Å². The molecule has 0 aliphatic heterocycles. The Morgan fingerprint density at radius 2 is 1.81 bits per heavy atom. The molecule has 0 aliphatic rings. The maximum absolute atomic E-state index is 14.3. The third-order valence-corrected chi connectivity index (χ3v) is 4.72. The number of non-ortho nitro benzene ring substituents is 1. The van der Waals surface area contributed by atoms with Crippen LogP contribution in [0.4, 0.5) is 10.1 Å². The molecule has 0 radical (unpaired) electrons. The van der Waals surface area contributed by atoms with Crippen molar-refractivity contribution in [3.8, 4) is 23.0 Å². The van der Waals surface area contributed by atoms with Crippen molar-refractivity contribution in [3.63, 3.8) is 0 Å². The molecule has 0 N–H and O–H groups in total. The summed E-state index contributed by atoms with van der Waals surface area (Å²) in [7, 11) is 1.61. The van der Waals surface area contributed by atoms with Crippen molar-refractivity contribution in [2.75, 3.05) is 7.11 Å². The summed E-state index contributed by atoms with van der Waals surface area (Å²) >= 11 is 0. The van der Waals surface area contributed by atoms with E-state index in [1.807, 2.05) is 24.3 Å². The van der Waals surface area contributed by atoms with Crippen LogP contribution in [-0.2, 0) is 6.61 Å². The fourth-order valence-electron chi connectivity index (χ4n) is 3.04. The largest absolute Gasteiger partial charge is 0.497 e. The Kier molecular flexibility index (Phi) is 5.80. The second-order valence-electron chi connectivity index (χ2n) is 6.86. The summed E-state index contributed by atoms with van der Waals surface area (Å²) in [5, 5.41) is 10.8. The van der Waals surface area contributed by atoms with Gasteiger partial charge in [0.25, 0.3) is 5.69 Å². The first-order chi connectivity index (χ1) is 15.4. The molecule has 0 unspecified atom stereocenters. The molecule has 0 saturated carbocycles. The predicted molar refractivity (Wildman–Crippen MR) is 115 cm³/mol. The van der Waals surface area contributed by atoms with E-state index in [-0.39, 0.29) is 17.2 Å². The van der Waals surface area contributed by atoms with E-state index >= 15 is 0 Å². The Hall–Kier alpha value is -4.27. The lowest BCUT2D eigenvalue weighted by Gasteiger charge is -2.12. The van der Waals surface area contributed by atoms with E-state index in [9.17, 15) is 14.5 Å². The zero-order valence-electron chi connectivity index (χ0n) is 17.2. The number of nitro groups is 1. The molecule has 4 aromatic rings. The van der Waals surface area contributed by atoms with Crippen LogP contribution in [-0.4, -0.2) is 22.0 Å². The molecular weight excluding hydrogens is 417 g/mol. The number of pyridine rings is 2. The number of halogens is 1. The molecule has 0 spiro atoms. The van der Waals surface area contributed by atoms with Gasteiger partial charge in [0.05, 0.1) is 29.3 Å². The normalized spacial score (nSPS) is 10.7. The summed E-state index contributed by atoms with van der Waals surface area (Å²) in [4.78, 5) is 19.0. The van der Waals surface area contributed by atoms with Crippen LogP contribution in [0.25, 0.3) is 11.0 Å². The number of hydrogen-bond donors (Lipinski definition) is 0. The first-order valence-electron chi connectivity index (χ1n) is 9.58. The third-order valence-electron chi connectivity index (χ3n) is 4.72. The van der Waals surface area contributed by atoms with Crippen LogP contribution in [0.1, 0.15) is 11.3 Å². The molecule has 9 heteroatoms. The zero-order chi connectivity index (χ0) is 22.7. The van der Waals surface area contributed by atoms with Gasteiger partial charge in [-0.05, 0) is 30.7 Å². The Morgan fingerprint density at radius 1 is 1.03 bits per heavy atom. The molecule has 162 valence electrons. The molecule has 2 heterocycles. The van der Waals surface area contributed by atoms with Crippen LogP contribution in [0, 0.1) is 22.9 Å². The monoisotopic (exact) mass is 435 g/mol. The molecule has 0 fully saturated rings. The molecule has 0 bridgehead atoms. The van der Waals surface area contributed by atoms with Gasteiger partial charge in [-0.25, -0.2) is 9.37 Å². The highest BCUT2D eigenvalue weighted by atomic mass is 19.1. The van der Waals surface area contributed by atoms with Gasteiger partial charge in [0.1, 0.15) is 23.6 Å². The predicted octanol–water partition coefficient (Wildman–Crippen LogP) is 5.37. The quantitative estimate of drug-likeness (QED) is 0.284. The van der Waals surface area contributed by atoms with Gasteiger partial charge in [0.2, 0.25) is 0 Å². The molecular formula is C23H18FN3O5. The topological polar surface area (TPSA) is 96.6 Å². The summed E-state index contributed by atoms with van der Waals surface area (Å²) in [5.41, 5.74) is 2.12. The molecule has 0 atom stereocenters. The highest BCUT2D eigenvalue weighted by Gasteiger charge is 2.15. The number of hydrogen-bond acceptors (Lipinski definition) is 7. The lowest BCUT2D eigenvalue weighted by Crippen LogP contribution is -2.00. The Labute approximate surface area is 182 Å². The second kappa shape index (κ2) is 8.84. The maximum atomic E-state index is 14.3. The van der Waals surface area contributed by atoms with Crippen LogP contribution in [0.5, 0.6) is 23.0 Å². The van der Waals surface area contributed by atoms with Gasteiger partial charge >= 0.3 is 0 Å². The molecule has 2 aromatic carbocycles. The summed E-state index contributed by atoms with van der Waals surface area (Å²) in [6, 6.07) is 14.0. The van der Waals surface area contributed by atoms with Crippen LogP contribution in [0.15, 0.2) is 60.8 Å². The zero-order valence-corrected chi connectivity index (χ0v) is 17.2. The Balaban J connectivity index is 1.58. The number of fused-ring (bicyclic) bond motifs is 1. The van der Waals surface area contributed by atoms with Crippen molar-refractivity contribution < 1.29 is 23.5 Å². The van der Waals surface area contributed by atoms with Crippen molar-refractivity contribution in [1.29, 1.82) is 0 Å². The average molecular weight is 435 g/mol. The highest BCUT2D eigenvalue weighted by Crippen LogP contribution is 2.33. The highest BCUT2D eigenvalue weighted by molar-refractivity contribution is 5.82. The van der Waals surface area contributed by atoms with E-state index in [1.54, 1.807) is 26.2 Å². The minimum Gasteiger partial charge on any atom is -0.497 e. The number of aromatic nitrogens is 2. The number of nitrogens with zero attached hydrogens (tertiary/aromatic N) is 3.